The fourth-order valence-electron chi connectivity index (χ4n) is 3.85. The lowest BCUT2D eigenvalue weighted by Crippen LogP contribution is -2.52. The number of rotatable bonds is 5. The van der Waals surface area contributed by atoms with Crippen molar-refractivity contribution < 1.29 is 9.53 Å². The van der Waals surface area contributed by atoms with Crippen LogP contribution in [0.3, 0.4) is 0 Å². The zero-order chi connectivity index (χ0) is 16.8. The molecule has 2 fully saturated rings. The molecule has 1 amide bonds. The molecule has 0 bridgehead atoms. The van der Waals surface area contributed by atoms with E-state index in [1.807, 2.05) is 18.2 Å². The Hall–Kier alpha value is -1.39. The predicted octanol–water partition coefficient (Wildman–Crippen LogP) is 4.14. The van der Waals surface area contributed by atoms with Crippen molar-refractivity contribution in [2.45, 2.75) is 82.5 Å². The standard InChI is InChI=1S/C20H30N2O2/c21-20(12-5-2-6-13-20)19(23)22-17-9-7-8-16(14-17)15-24-18-10-3-1-4-11-18/h7-9,14,18H,1-6,10-13,15,21H2,(H,22,23). The van der Waals surface area contributed by atoms with Gasteiger partial charge < -0.3 is 15.8 Å². The summed E-state index contributed by atoms with van der Waals surface area (Å²) in [4.78, 5) is 12.5. The van der Waals surface area contributed by atoms with Gasteiger partial charge in [0.05, 0.1) is 18.2 Å². The molecule has 0 spiro atoms. The molecule has 24 heavy (non-hydrogen) atoms. The van der Waals surface area contributed by atoms with E-state index in [1.165, 1.54) is 38.5 Å². The topological polar surface area (TPSA) is 64.4 Å². The molecule has 0 radical (unpaired) electrons. The van der Waals surface area contributed by atoms with Crippen LogP contribution in [0, 0.1) is 0 Å². The van der Waals surface area contributed by atoms with Crippen LogP contribution >= 0.6 is 0 Å². The molecular formula is C20H30N2O2. The van der Waals surface area contributed by atoms with Gasteiger partial charge in [-0.3, -0.25) is 4.79 Å². The van der Waals surface area contributed by atoms with Crippen molar-refractivity contribution in [1.82, 2.24) is 0 Å². The summed E-state index contributed by atoms with van der Waals surface area (Å²) < 4.78 is 6.03. The van der Waals surface area contributed by atoms with Crippen LogP contribution in [0.25, 0.3) is 0 Å². The lowest BCUT2D eigenvalue weighted by Gasteiger charge is -2.31. The summed E-state index contributed by atoms with van der Waals surface area (Å²) in [5.41, 5.74) is 7.53. The van der Waals surface area contributed by atoms with Crippen LogP contribution in [0.2, 0.25) is 0 Å². The summed E-state index contributed by atoms with van der Waals surface area (Å²) in [5.74, 6) is -0.0486. The van der Waals surface area contributed by atoms with Gasteiger partial charge in [0.1, 0.15) is 0 Å². The SMILES string of the molecule is NC1(C(=O)Nc2cccc(COC3CCCCC3)c2)CCCCC1. The predicted molar refractivity (Wildman–Crippen MR) is 96.7 cm³/mol. The molecule has 4 heteroatoms. The average molecular weight is 330 g/mol. The minimum atomic E-state index is -0.702. The van der Waals surface area contributed by atoms with Gasteiger partial charge >= 0.3 is 0 Å². The van der Waals surface area contributed by atoms with Crippen LogP contribution in [0.4, 0.5) is 5.69 Å². The molecule has 0 unspecified atom stereocenters. The Labute approximate surface area is 145 Å². The highest BCUT2D eigenvalue weighted by atomic mass is 16.5. The Morgan fingerprint density at radius 1 is 1.12 bits per heavy atom. The first-order valence-electron chi connectivity index (χ1n) is 9.47. The van der Waals surface area contributed by atoms with Crippen LogP contribution in [0.15, 0.2) is 24.3 Å². The van der Waals surface area contributed by atoms with Crippen molar-refractivity contribution in [3.63, 3.8) is 0 Å². The van der Waals surface area contributed by atoms with Crippen LogP contribution in [-0.4, -0.2) is 17.6 Å². The number of hydrogen-bond acceptors (Lipinski definition) is 3. The number of nitrogens with two attached hydrogens (primary N) is 1. The van der Waals surface area contributed by atoms with Gasteiger partial charge in [0.25, 0.3) is 0 Å². The first kappa shape index (κ1) is 17.4. The summed E-state index contributed by atoms with van der Waals surface area (Å²) >= 11 is 0. The lowest BCUT2D eigenvalue weighted by molar-refractivity contribution is -0.122. The Balaban J connectivity index is 1.55. The Bertz CT molecular complexity index is 546. The molecule has 3 rings (SSSR count). The largest absolute Gasteiger partial charge is 0.374 e. The van der Waals surface area contributed by atoms with E-state index < -0.39 is 5.54 Å². The molecule has 2 aliphatic rings. The molecule has 0 heterocycles. The van der Waals surface area contributed by atoms with E-state index in [-0.39, 0.29) is 5.91 Å². The van der Waals surface area contributed by atoms with Gasteiger partial charge in [-0.15, -0.1) is 0 Å². The third-order valence-electron chi connectivity index (χ3n) is 5.42. The number of hydrogen-bond donors (Lipinski definition) is 2. The van der Waals surface area contributed by atoms with Gasteiger partial charge in [-0.05, 0) is 43.4 Å². The second-order valence-electron chi connectivity index (χ2n) is 7.44. The monoisotopic (exact) mass is 330 g/mol. The van der Waals surface area contributed by atoms with Gasteiger partial charge in [-0.2, -0.15) is 0 Å². The number of nitrogens with one attached hydrogen (secondary N) is 1. The summed E-state index contributed by atoms with van der Waals surface area (Å²) in [6, 6.07) is 7.96. The van der Waals surface area contributed by atoms with Gasteiger partial charge in [0.15, 0.2) is 0 Å². The number of benzene rings is 1. The maximum atomic E-state index is 12.5. The van der Waals surface area contributed by atoms with E-state index in [0.29, 0.717) is 12.7 Å². The smallest absolute Gasteiger partial charge is 0.244 e. The zero-order valence-corrected chi connectivity index (χ0v) is 14.6. The molecule has 132 valence electrons. The van der Waals surface area contributed by atoms with E-state index in [0.717, 1.165) is 36.9 Å². The number of ether oxygens (including phenoxy) is 1. The maximum Gasteiger partial charge on any atom is 0.244 e. The molecule has 0 aliphatic heterocycles. The van der Waals surface area contributed by atoms with E-state index in [2.05, 4.69) is 11.4 Å². The number of carbonyl (C=O) groups excluding carboxylic acids is 1. The average Bonchev–Trinajstić information content (AvgIpc) is 2.62. The second-order valence-corrected chi connectivity index (χ2v) is 7.44. The minimum Gasteiger partial charge on any atom is -0.374 e. The number of anilines is 1. The normalized spacial score (nSPS) is 21.4. The Morgan fingerprint density at radius 2 is 1.83 bits per heavy atom. The molecule has 1 aromatic rings. The summed E-state index contributed by atoms with van der Waals surface area (Å²) in [6.45, 7) is 0.613. The van der Waals surface area contributed by atoms with Crippen molar-refractivity contribution >= 4 is 11.6 Å². The van der Waals surface area contributed by atoms with E-state index in [4.69, 9.17) is 10.5 Å². The van der Waals surface area contributed by atoms with Crippen LogP contribution in [-0.2, 0) is 16.1 Å². The minimum absolute atomic E-state index is 0.0486. The highest BCUT2D eigenvalue weighted by Gasteiger charge is 2.35. The molecule has 1 aromatic carbocycles. The maximum absolute atomic E-state index is 12.5. The lowest BCUT2D eigenvalue weighted by atomic mass is 9.82. The zero-order valence-electron chi connectivity index (χ0n) is 14.6. The van der Waals surface area contributed by atoms with Gasteiger partial charge in [-0.25, -0.2) is 0 Å². The first-order valence-corrected chi connectivity index (χ1v) is 9.47. The van der Waals surface area contributed by atoms with Crippen molar-refractivity contribution in [3.8, 4) is 0 Å². The summed E-state index contributed by atoms with van der Waals surface area (Å²) in [5, 5.41) is 3.01. The van der Waals surface area contributed by atoms with Crippen LogP contribution < -0.4 is 11.1 Å². The van der Waals surface area contributed by atoms with E-state index in [1.54, 1.807) is 0 Å². The van der Waals surface area contributed by atoms with Crippen molar-refractivity contribution in [2.75, 3.05) is 5.32 Å². The Kier molecular flexibility index (Phi) is 5.90. The molecule has 0 aromatic heterocycles. The summed E-state index contributed by atoms with van der Waals surface area (Å²) in [6.07, 6.45) is 11.5. The molecule has 2 saturated carbocycles. The van der Waals surface area contributed by atoms with E-state index in [9.17, 15) is 4.79 Å². The van der Waals surface area contributed by atoms with Crippen molar-refractivity contribution in [3.05, 3.63) is 29.8 Å². The highest BCUT2D eigenvalue weighted by Crippen LogP contribution is 2.27. The fraction of sp³-hybridized carbons (Fsp3) is 0.650. The third-order valence-corrected chi connectivity index (χ3v) is 5.42. The van der Waals surface area contributed by atoms with Crippen LogP contribution in [0.5, 0.6) is 0 Å². The molecule has 3 N–H and O–H groups in total. The van der Waals surface area contributed by atoms with Crippen LogP contribution in [0.1, 0.15) is 69.8 Å². The molecule has 0 atom stereocenters. The van der Waals surface area contributed by atoms with Crippen molar-refractivity contribution in [1.29, 1.82) is 0 Å². The first-order chi connectivity index (χ1) is 11.7. The highest BCUT2D eigenvalue weighted by molar-refractivity contribution is 5.98. The fourth-order valence-corrected chi connectivity index (χ4v) is 3.85. The van der Waals surface area contributed by atoms with Crippen molar-refractivity contribution in [2.24, 2.45) is 5.73 Å². The van der Waals surface area contributed by atoms with E-state index >= 15 is 0 Å². The second kappa shape index (κ2) is 8.13. The number of amides is 1. The quantitative estimate of drug-likeness (QED) is 0.853. The number of carbonyl (C=O) groups is 1. The molecule has 4 nitrogen and oxygen atoms in total. The van der Waals surface area contributed by atoms with Gasteiger partial charge in [0, 0.05) is 5.69 Å². The molecular weight excluding hydrogens is 300 g/mol. The third kappa shape index (κ3) is 4.58. The van der Waals surface area contributed by atoms with Gasteiger partial charge in [0.2, 0.25) is 5.91 Å². The molecule has 0 saturated heterocycles. The Morgan fingerprint density at radius 3 is 2.58 bits per heavy atom. The van der Waals surface area contributed by atoms with Gasteiger partial charge in [-0.1, -0.05) is 50.7 Å². The molecule has 2 aliphatic carbocycles. The summed E-state index contributed by atoms with van der Waals surface area (Å²) in [7, 11) is 0.